The highest BCUT2D eigenvalue weighted by Gasteiger charge is 1.93. The molecule has 0 saturated carbocycles. The van der Waals surface area contributed by atoms with Crippen molar-refractivity contribution >= 4 is 17.0 Å². The summed E-state index contributed by atoms with van der Waals surface area (Å²) < 4.78 is 0. The largest absolute Gasteiger partial charge is 0.330 e. The van der Waals surface area contributed by atoms with Crippen molar-refractivity contribution in [2.75, 3.05) is 6.54 Å². The minimum absolute atomic E-state index is 0. The molecule has 0 bridgehead atoms. The van der Waals surface area contributed by atoms with E-state index < -0.39 is 0 Å². The highest BCUT2D eigenvalue weighted by molar-refractivity contribution is 8.93. The molecule has 0 radical (unpaired) electrons. The van der Waals surface area contributed by atoms with Crippen LogP contribution in [0.1, 0.15) is 96.8 Å². The van der Waals surface area contributed by atoms with E-state index in [0.717, 1.165) is 6.54 Å². The third-order valence-corrected chi connectivity index (χ3v) is 3.56. The molecule has 0 rings (SSSR count). The van der Waals surface area contributed by atoms with Crippen molar-refractivity contribution in [3.63, 3.8) is 0 Å². The monoisotopic (exact) mass is 321 g/mol. The molecule has 2 heteroatoms. The van der Waals surface area contributed by atoms with Gasteiger partial charge in [0.15, 0.2) is 0 Å². The van der Waals surface area contributed by atoms with Crippen molar-refractivity contribution in [3.8, 4) is 0 Å². The fourth-order valence-electron chi connectivity index (χ4n) is 2.34. The second kappa shape index (κ2) is 19.8. The highest BCUT2D eigenvalue weighted by Crippen LogP contribution is 2.12. The van der Waals surface area contributed by atoms with Gasteiger partial charge in [0.25, 0.3) is 0 Å². The van der Waals surface area contributed by atoms with E-state index in [4.69, 9.17) is 5.73 Å². The molecule has 0 fully saturated rings. The molecule has 0 aliphatic carbocycles. The molecule has 0 unspecified atom stereocenters. The molecule has 0 spiro atoms. The number of hydrogen-bond acceptors (Lipinski definition) is 1. The first-order chi connectivity index (χ1) is 8.41. The Labute approximate surface area is 126 Å². The molecule has 2 N–H and O–H groups in total. The number of rotatable bonds is 14. The molecule has 0 aliphatic rings. The van der Waals surface area contributed by atoms with E-state index in [1.54, 1.807) is 0 Å². The van der Waals surface area contributed by atoms with Gasteiger partial charge in [0, 0.05) is 0 Å². The average molecular weight is 322 g/mol. The van der Waals surface area contributed by atoms with Gasteiger partial charge in [-0.2, -0.15) is 0 Å². The van der Waals surface area contributed by atoms with Gasteiger partial charge in [-0.25, -0.2) is 0 Å². The molecule has 112 valence electrons. The Morgan fingerprint density at radius 1 is 0.500 bits per heavy atom. The van der Waals surface area contributed by atoms with Gasteiger partial charge in [-0.3, -0.25) is 0 Å². The van der Waals surface area contributed by atoms with E-state index in [1.807, 2.05) is 0 Å². The van der Waals surface area contributed by atoms with Crippen LogP contribution in [-0.2, 0) is 0 Å². The van der Waals surface area contributed by atoms with Crippen LogP contribution in [-0.4, -0.2) is 6.54 Å². The zero-order valence-corrected chi connectivity index (χ0v) is 14.3. The summed E-state index contributed by atoms with van der Waals surface area (Å²) in [5.41, 5.74) is 5.47. The SMILES string of the molecule is Br.CCCCCCCCCCCCCCCCN. The van der Waals surface area contributed by atoms with Gasteiger partial charge in [-0.15, -0.1) is 17.0 Å². The summed E-state index contributed by atoms with van der Waals surface area (Å²) in [7, 11) is 0. The molecule has 0 aromatic carbocycles. The van der Waals surface area contributed by atoms with Crippen molar-refractivity contribution < 1.29 is 0 Å². The van der Waals surface area contributed by atoms with Crippen LogP contribution in [0, 0.1) is 0 Å². The van der Waals surface area contributed by atoms with Gasteiger partial charge in [0.05, 0.1) is 0 Å². The summed E-state index contributed by atoms with van der Waals surface area (Å²) in [5, 5.41) is 0. The van der Waals surface area contributed by atoms with E-state index in [2.05, 4.69) is 6.92 Å². The maximum Gasteiger partial charge on any atom is -0.00773 e. The first kappa shape index (κ1) is 20.8. The summed E-state index contributed by atoms with van der Waals surface area (Å²) in [6.07, 6.45) is 19.9. The molecular weight excluding hydrogens is 286 g/mol. The smallest absolute Gasteiger partial charge is 0.00773 e. The fraction of sp³-hybridized carbons (Fsp3) is 1.00. The quantitative estimate of drug-likeness (QED) is 0.390. The zero-order chi connectivity index (χ0) is 12.6. The topological polar surface area (TPSA) is 26.0 Å². The number of unbranched alkanes of at least 4 members (excludes halogenated alkanes) is 13. The van der Waals surface area contributed by atoms with Gasteiger partial charge < -0.3 is 5.73 Å². The van der Waals surface area contributed by atoms with E-state index in [9.17, 15) is 0 Å². The van der Waals surface area contributed by atoms with Crippen molar-refractivity contribution in [1.82, 2.24) is 0 Å². The third-order valence-electron chi connectivity index (χ3n) is 3.56. The molecule has 0 amide bonds. The second-order valence-corrected chi connectivity index (χ2v) is 5.38. The van der Waals surface area contributed by atoms with E-state index in [0.29, 0.717) is 0 Å². The average Bonchev–Trinajstić information content (AvgIpc) is 2.35. The summed E-state index contributed by atoms with van der Waals surface area (Å²) in [4.78, 5) is 0. The fourth-order valence-corrected chi connectivity index (χ4v) is 2.34. The van der Waals surface area contributed by atoms with Crippen LogP contribution in [0.5, 0.6) is 0 Å². The van der Waals surface area contributed by atoms with Crippen molar-refractivity contribution in [2.24, 2.45) is 5.73 Å². The minimum Gasteiger partial charge on any atom is -0.330 e. The Hall–Kier alpha value is 0.440. The molecule has 1 nitrogen and oxygen atoms in total. The Balaban J connectivity index is 0. The lowest BCUT2D eigenvalue weighted by molar-refractivity contribution is 0.536. The normalized spacial score (nSPS) is 10.3. The number of nitrogens with two attached hydrogens (primary N) is 1. The van der Waals surface area contributed by atoms with Gasteiger partial charge in [-0.05, 0) is 13.0 Å². The first-order valence-electron chi connectivity index (χ1n) is 8.12. The molecule has 0 aromatic rings. The summed E-state index contributed by atoms with van der Waals surface area (Å²) >= 11 is 0. The standard InChI is InChI=1S/C16H35N.BrH/c1-2-3-4-5-6-7-8-9-10-11-12-13-14-15-16-17;/h2-17H2,1H3;1H. The van der Waals surface area contributed by atoms with Gasteiger partial charge >= 0.3 is 0 Å². The summed E-state index contributed by atoms with van der Waals surface area (Å²) in [5.74, 6) is 0. The highest BCUT2D eigenvalue weighted by atomic mass is 79.9. The molecule has 0 saturated heterocycles. The zero-order valence-electron chi connectivity index (χ0n) is 12.6. The third kappa shape index (κ3) is 18.8. The molecule has 0 aromatic heterocycles. The lowest BCUT2D eigenvalue weighted by Gasteiger charge is -2.02. The molecule has 0 aliphatic heterocycles. The molecule has 0 atom stereocenters. The lowest BCUT2D eigenvalue weighted by Crippen LogP contribution is -1.97. The van der Waals surface area contributed by atoms with E-state index in [-0.39, 0.29) is 17.0 Å². The second-order valence-electron chi connectivity index (χ2n) is 5.38. The number of halogens is 1. The van der Waals surface area contributed by atoms with Gasteiger partial charge in [-0.1, -0.05) is 90.4 Å². The van der Waals surface area contributed by atoms with Crippen LogP contribution in [0.25, 0.3) is 0 Å². The van der Waals surface area contributed by atoms with Gasteiger partial charge in [0.2, 0.25) is 0 Å². The predicted molar refractivity (Wildman–Crippen MR) is 89.7 cm³/mol. The Bertz CT molecular complexity index is 114. The Morgan fingerprint density at radius 2 is 0.778 bits per heavy atom. The Morgan fingerprint density at radius 3 is 1.06 bits per heavy atom. The lowest BCUT2D eigenvalue weighted by atomic mass is 10.0. The van der Waals surface area contributed by atoms with Crippen molar-refractivity contribution in [3.05, 3.63) is 0 Å². The van der Waals surface area contributed by atoms with Crippen LogP contribution < -0.4 is 5.73 Å². The number of hydrogen-bond donors (Lipinski definition) is 1. The van der Waals surface area contributed by atoms with Crippen LogP contribution in [0.15, 0.2) is 0 Å². The molecule has 18 heavy (non-hydrogen) atoms. The summed E-state index contributed by atoms with van der Waals surface area (Å²) in [6.45, 7) is 3.16. The summed E-state index contributed by atoms with van der Waals surface area (Å²) in [6, 6.07) is 0. The van der Waals surface area contributed by atoms with Crippen molar-refractivity contribution in [2.45, 2.75) is 96.8 Å². The maximum absolute atomic E-state index is 5.47. The first-order valence-corrected chi connectivity index (χ1v) is 8.12. The van der Waals surface area contributed by atoms with E-state index in [1.165, 1.54) is 89.9 Å². The molecule has 0 heterocycles. The minimum atomic E-state index is 0. The van der Waals surface area contributed by atoms with Gasteiger partial charge in [0.1, 0.15) is 0 Å². The predicted octanol–water partition coefficient (Wildman–Crippen LogP) is 6.00. The van der Waals surface area contributed by atoms with Crippen LogP contribution >= 0.6 is 17.0 Å². The Kier molecular flexibility index (Phi) is 22.8. The van der Waals surface area contributed by atoms with Crippen LogP contribution in [0.2, 0.25) is 0 Å². The molecular formula is C16H36BrN. The van der Waals surface area contributed by atoms with Crippen LogP contribution in [0.3, 0.4) is 0 Å². The van der Waals surface area contributed by atoms with E-state index >= 15 is 0 Å². The maximum atomic E-state index is 5.47. The van der Waals surface area contributed by atoms with Crippen molar-refractivity contribution in [1.29, 1.82) is 0 Å². The van der Waals surface area contributed by atoms with Crippen LogP contribution in [0.4, 0.5) is 0 Å².